The van der Waals surface area contributed by atoms with E-state index in [0.717, 1.165) is 18.2 Å². The molecule has 3 aromatic carbocycles. The predicted molar refractivity (Wildman–Crippen MR) is 202 cm³/mol. The van der Waals surface area contributed by atoms with Gasteiger partial charge in [0, 0.05) is 24.3 Å². The number of phenols is 3. The van der Waals surface area contributed by atoms with E-state index in [0.29, 0.717) is 5.56 Å². The summed E-state index contributed by atoms with van der Waals surface area (Å²) in [5.74, 6) is -4.99. The minimum Gasteiger partial charge on any atom is -0.508 e. The highest BCUT2D eigenvalue weighted by Crippen LogP contribution is 2.43. The van der Waals surface area contributed by atoms with Crippen LogP contribution in [0, 0.1) is 0 Å². The lowest BCUT2D eigenvalue weighted by Gasteiger charge is -2.40. The lowest BCUT2D eigenvalue weighted by molar-refractivity contribution is -0.278. The zero-order valence-electron chi connectivity index (χ0n) is 31.8. The Bertz CT molecular complexity index is 2240. The molecule has 10 N–H and O–H groups in total. The van der Waals surface area contributed by atoms with Gasteiger partial charge in [0.2, 0.25) is 18.3 Å². The molecule has 0 aliphatic carbocycles. The Morgan fingerprint density at radius 2 is 1.30 bits per heavy atom. The molecular formula is C40H41O21+. The molecule has 2 aliphatic heterocycles. The molecule has 0 amide bonds. The molecular weight excluding hydrogens is 816 g/mol. The number of aliphatic hydroxyl groups is 6. The number of rotatable bonds is 14. The topological polar surface area (TPSA) is 329 Å². The Balaban J connectivity index is 1.31. The lowest BCUT2D eigenvalue weighted by atomic mass is 9.99. The molecule has 2 fully saturated rings. The Kier molecular flexibility index (Phi) is 13.8. The van der Waals surface area contributed by atoms with Crippen molar-refractivity contribution in [3.05, 3.63) is 72.3 Å². The van der Waals surface area contributed by atoms with Crippen LogP contribution in [0.15, 0.2) is 71.2 Å². The Labute approximate surface area is 343 Å². The second kappa shape index (κ2) is 19.0. The molecule has 0 saturated carbocycles. The van der Waals surface area contributed by atoms with Gasteiger partial charge < -0.3 is 84.2 Å². The normalized spacial score (nSPS) is 26.4. The van der Waals surface area contributed by atoms with Crippen molar-refractivity contribution in [1.29, 1.82) is 0 Å². The van der Waals surface area contributed by atoms with E-state index in [-0.39, 0.29) is 51.0 Å². The van der Waals surface area contributed by atoms with E-state index >= 15 is 0 Å². The van der Waals surface area contributed by atoms with Crippen LogP contribution < -0.4 is 14.2 Å². The van der Waals surface area contributed by atoms with Crippen molar-refractivity contribution >= 4 is 35.0 Å². The number of carboxylic acid groups (broad SMARTS) is 1. The van der Waals surface area contributed by atoms with Crippen molar-refractivity contribution in [2.75, 3.05) is 20.3 Å². The zero-order valence-corrected chi connectivity index (χ0v) is 31.8. The summed E-state index contributed by atoms with van der Waals surface area (Å²) >= 11 is 0. The molecule has 2 aliphatic rings. The van der Waals surface area contributed by atoms with Gasteiger partial charge in [-0.1, -0.05) is 12.1 Å². The third-order valence-electron chi connectivity index (χ3n) is 9.46. The fourth-order valence-electron chi connectivity index (χ4n) is 6.24. The molecule has 21 nitrogen and oxygen atoms in total. The maximum Gasteiger partial charge on any atom is 0.402 e. The Morgan fingerprint density at radius 3 is 1.90 bits per heavy atom. The Hall–Kier alpha value is -6.30. The highest BCUT2D eigenvalue weighted by atomic mass is 16.7. The van der Waals surface area contributed by atoms with Crippen molar-refractivity contribution in [1.82, 2.24) is 0 Å². The average molecular weight is 858 g/mol. The predicted octanol–water partition coefficient (Wildman–Crippen LogP) is 0.154. The number of fused-ring (bicyclic) bond motifs is 1. The molecule has 4 aromatic rings. The summed E-state index contributed by atoms with van der Waals surface area (Å²) in [5.41, 5.74) is 0.611. The number of aliphatic carboxylic acids is 1. The van der Waals surface area contributed by atoms with Gasteiger partial charge in [0.05, 0.1) is 18.7 Å². The van der Waals surface area contributed by atoms with Crippen LogP contribution >= 0.6 is 0 Å². The molecule has 1 aromatic heterocycles. The number of esters is 2. The maximum absolute atomic E-state index is 12.5. The van der Waals surface area contributed by atoms with E-state index in [1.807, 2.05) is 0 Å². The van der Waals surface area contributed by atoms with E-state index in [9.17, 15) is 60.3 Å². The van der Waals surface area contributed by atoms with Gasteiger partial charge in [-0.3, -0.25) is 9.59 Å². The third-order valence-corrected chi connectivity index (χ3v) is 9.46. The molecule has 10 atom stereocenters. The first-order valence-electron chi connectivity index (χ1n) is 18.3. The number of aromatic hydroxyl groups is 3. The molecule has 3 heterocycles. The molecule has 0 unspecified atom stereocenters. The van der Waals surface area contributed by atoms with Gasteiger partial charge in [-0.05, 0) is 35.9 Å². The largest absolute Gasteiger partial charge is 0.508 e. The van der Waals surface area contributed by atoms with Crippen molar-refractivity contribution in [2.24, 2.45) is 0 Å². The van der Waals surface area contributed by atoms with Gasteiger partial charge in [0.25, 0.3) is 0 Å². The molecule has 61 heavy (non-hydrogen) atoms. The zero-order chi connectivity index (χ0) is 44.1. The van der Waals surface area contributed by atoms with Crippen LogP contribution in [0.3, 0.4) is 0 Å². The molecule has 0 spiro atoms. The van der Waals surface area contributed by atoms with E-state index in [1.165, 1.54) is 49.6 Å². The molecule has 2 saturated heterocycles. The first kappa shape index (κ1) is 44.3. The summed E-state index contributed by atoms with van der Waals surface area (Å²) in [5, 5.41) is 104. The number of hydrogen-bond donors (Lipinski definition) is 10. The van der Waals surface area contributed by atoms with Crippen LogP contribution in [0.5, 0.6) is 34.5 Å². The summed E-state index contributed by atoms with van der Waals surface area (Å²) in [6, 6.07) is 13.4. The van der Waals surface area contributed by atoms with Gasteiger partial charge in [0.15, 0.2) is 11.5 Å². The van der Waals surface area contributed by atoms with E-state index in [2.05, 4.69) is 0 Å². The van der Waals surface area contributed by atoms with Crippen LogP contribution in [0.25, 0.3) is 28.4 Å². The number of benzene rings is 3. The minimum atomic E-state index is -1.96. The highest BCUT2D eigenvalue weighted by molar-refractivity contribution is 5.90. The van der Waals surface area contributed by atoms with E-state index in [4.69, 9.17) is 42.7 Å². The van der Waals surface area contributed by atoms with E-state index in [1.54, 1.807) is 12.1 Å². The van der Waals surface area contributed by atoms with Crippen molar-refractivity contribution in [3.63, 3.8) is 0 Å². The van der Waals surface area contributed by atoms with Gasteiger partial charge >= 0.3 is 29.3 Å². The Morgan fingerprint density at radius 1 is 0.689 bits per heavy atom. The lowest BCUT2D eigenvalue weighted by Crippen LogP contribution is -2.60. The van der Waals surface area contributed by atoms with Gasteiger partial charge in [-0.25, -0.2) is 9.21 Å². The summed E-state index contributed by atoms with van der Waals surface area (Å²) in [6.45, 7) is -1.39. The summed E-state index contributed by atoms with van der Waals surface area (Å²) in [6.07, 6.45) is -16.6. The number of carbonyl (C=O) groups is 3. The van der Waals surface area contributed by atoms with E-state index < -0.39 is 105 Å². The number of hydrogen-bond acceptors (Lipinski definition) is 19. The number of phenolic OH excluding ortho intramolecular Hbond substituents is 3. The standard InChI is InChI=1S/C40H40O21/c1-54-25-10-18(5-8-22(25)43)38-26(59-40-37(53)35(51)32(48)27(61-40)15-55-30(46)9-4-17-2-6-19(41)7-3-17)13-21-23(57-38)11-20(42)12-24(21)58-39-36(52)34(50)33(49)28(60-39)16-56-31(47)14-29(44)45/h2-13,27-28,32-37,39-40,48-53H,14-16H2,1H3,(H3-,41,42,43,44,45,46)/p+1/t27-,28-,32-,33-,34+,35+,36-,37-,39-,40-/m1/s1. The first-order chi connectivity index (χ1) is 29.0. The summed E-state index contributed by atoms with van der Waals surface area (Å²) in [7, 11) is 1.28. The number of carboxylic acids is 1. The molecule has 21 heteroatoms. The first-order valence-corrected chi connectivity index (χ1v) is 18.3. The van der Waals surface area contributed by atoms with Gasteiger partial charge in [-0.2, -0.15) is 0 Å². The quantitative estimate of drug-likeness (QED) is 0.0349. The third kappa shape index (κ3) is 10.4. The number of ether oxygens (including phenoxy) is 7. The molecule has 6 rings (SSSR count). The second-order valence-electron chi connectivity index (χ2n) is 13.8. The summed E-state index contributed by atoms with van der Waals surface area (Å²) in [4.78, 5) is 35.2. The van der Waals surface area contributed by atoms with Gasteiger partial charge in [0.1, 0.15) is 91.1 Å². The molecule has 0 bridgehead atoms. The number of carbonyl (C=O) groups excluding carboxylic acids is 2. The van der Waals surface area contributed by atoms with Crippen molar-refractivity contribution in [2.45, 2.75) is 67.8 Å². The fraction of sp³-hybridized carbons (Fsp3) is 0.350. The highest BCUT2D eigenvalue weighted by Gasteiger charge is 2.48. The second-order valence-corrected chi connectivity index (χ2v) is 13.8. The molecule has 326 valence electrons. The monoisotopic (exact) mass is 857 g/mol. The van der Waals surface area contributed by atoms with Crippen LogP contribution in [0.2, 0.25) is 0 Å². The number of aliphatic hydroxyl groups excluding tert-OH is 6. The fourth-order valence-corrected chi connectivity index (χ4v) is 6.24. The SMILES string of the molecule is COc1cc(-c2[o+]c3cc(O)cc(O[C@@H]4O[C@H](COC(=O)CC(=O)O)[C@@H](O)[C@H](O)[C@H]4O)c3cc2O[C@@H]2O[C@H](COC(=O)/C=C/c3ccc(O)cc3)[C@@H](O)[C@H](O)[C@H]2O)ccc1O. The van der Waals surface area contributed by atoms with Crippen molar-refractivity contribution in [3.8, 4) is 45.8 Å². The minimum absolute atomic E-state index is 0.0140. The van der Waals surface area contributed by atoms with Gasteiger partial charge in [-0.15, -0.1) is 0 Å². The average Bonchev–Trinajstić information content (AvgIpc) is 3.22. The van der Waals surface area contributed by atoms with Crippen molar-refractivity contribution < 1.29 is 103 Å². The smallest absolute Gasteiger partial charge is 0.402 e. The molecule has 0 radical (unpaired) electrons. The number of methoxy groups -OCH3 is 1. The maximum atomic E-state index is 12.5. The van der Waals surface area contributed by atoms with Crippen LogP contribution in [-0.4, -0.2) is 151 Å². The summed E-state index contributed by atoms with van der Waals surface area (Å²) < 4.78 is 44.8. The van der Waals surface area contributed by atoms with Crippen LogP contribution in [-0.2, 0) is 33.3 Å². The van der Waals surface area contributed by atoms with Crippen LogP contribution in [0.4, 0.5) is 0 Å². The van der Waals surface area contributed by atoms with Crippen LogP contribution in [0.1, 0.15) is 12.0 Å².